The molecule has 78 valence electrons. The number of aliphatic hydroxyl groups excluding tert-OH is 2. The van der Waals surface area contributed by atoms with Gasteiger partial charge in [0.2, 0.25) is 0 Å². The zero-order valence-electron chi connectivity index (χ0n) is 8.05. The third kappa shape index (κ3) is 2.06. The van der Waals surface area contributed by atoms with E-state index in [9.17, 15) is 10.2 Å². The van der Waals surface area contributed by atoms with Crippen LogP contribution in [0.15, 0.2) is 18.6 Å². The van der Waals surface area contributed by atoms with Gasteiger partial charge in [-0.25, -0.2) is 0 Å². The van der Waals surface area contributed by atoms with Crippen LogP contribution in [0.3, 0.4) is 0 Å². The lowest BCUT2D eigenvalue weighted by Crippen LogP contribution is -2.39. The van der Waals surface area contributed by atoms with E-state index < -0.39 is 5.60 Å². The van der Waals surface area contributed by atoms with Gasteiger partial charge in [0.05, 0.1) is 25.1 Å². The third-order valence-electron chi connectivity index (χ3n) is 1.96. The van der Waals surface area contributed by atoms with E-state index in [1.165, 1.54) is 18.6 Å². The van der Waals surface area contributed by atoms with E-state index >= 15 is 0 Å². The zero-order chi connectivity index (χ0) is 10.4. The highest BCUT2D eigenvalue weighted by molar-refractivity contribution is 5.08. The van der Waals surface area contributed by atoms with E-state index in [0.29, 0.717) is 12.3 Å². The van der Waals surface area contributed by atoms with E-state index in [-0.39, 0.29) is 13.2 Å². The van der Waals surface area contributed by atoms with E-state index in [0.717, 1.165) is 0 Å². The Hall–Kier alpha value is -1.04. The Morgan fingerprint density at radius 1 is 1.36 bits per heavy atom. The summed E-state index contributed by atoms with van der Waals surface area (Å²) < 4.78 is 5.31. The second kappa shape index (κ2) is 4.99. The monoisotopic (exact) mass is 198 g/mol. The second-order valence-electron chi connectivity index (χ2n) is 2.83. The molecule has 14 heavy (non-hydrogen) atoms. The summed E-state index contributed by atoms with van der Waals surface area (Å²) >= 11 is 0. The smallest absolute Gasteiger partial charge is 0.157 e. The van der Waals surface area contributed by atoms with Crippen molar-refractivity contribution in [2.24, 2.45) is 0 Å². The molecule has 5 heteroatoms. The molecular weight excluding hydrogens is 184 g/mol. The molecule has 1 aromatic heterocycles. The maximum Gasteiger partial charge on any atom is 0.157 e. The molecule has 0 aliphatic rings. The van der Waals surface area contributed by atoms with Crippen molar-refractivity contribution in [3.05, 3.63) is 24.3 Å². The Morgan fingerprint density at radius 2 is 2.07 bits per heavy atom. The highest BCUT2D eigenvalue weighted by Crippen LogP contribution is 2.21. The number of hydrogen-bond donors (Lipinski definition) is 2. The topological polar surface area (TPSA) is 75.5 Å². The molecular formula is C9H14N2O3. The predicted octanol–water partition coefficient (Wildman–Crippen LogP) is -0.307. The minimum Gasteiger partial charge on any atom is -0.393 e. The van der Waals surface area contributed by atoms with Crippen molar-refractivity contribution >= 4 is 0 Å². The van der Waals surface area contributed by atoms with Gasteiger partial charge in [-0.15, -0.1) is 0 Å². The van der Waals surface area contributed by atoms with Crippen molar-refractivity contribution in [1.82, 2.24) is 9.97 Å². The molecule has 0 spiro atoms. The summed E-state index contributed by atoms with van der Waals surface area (Å²) in [7, 11) is 0. The van der Waals surface area contributed by atoms with Crippen LogP contribution < -0.4 is 0 Å². The summed E-state index contributed by atoms with van der Waals surface area (Å²) in [4.78, 5) is 7.87. The first-order chi connectivity index (χ1) is 6.79. The summed E-state index contributed by atoms with van der Waals surface area (Å²) in [6.07, 6.45) is 4.49. The van der Waals surface area contributed by atoms with Crippen molar-refractivity contribution in [1.29, 1.82) is 0 Å². The number of aromatic nitrogens is 2. The Balaban J connectivity index is 2.98. The molecule has 0 aliphatic carbocycles. The quantitative estimate of drug-likeness (QED) is 0.679. The molecule has 0 atom stereocenters. The summed E-state index contributed by atoms with van der Waals surface area (Å²) in [6, 6.07) is 0. The molecule has 5 nitrogen and oxygen atoms in total. The summed E-state index contributed by atoms with van der Waals surface area (Å²) in [5.41, 5.74) is -0.699. The lowest BCUT2D eigenvalue weighted by Gasteiger charge is -2.28. The molecule has 0 fully saturated rings. The van der Waals surface area contributed by atoms with Crippen molar-refractivity contribution in [2.45, 2.75) is 12.5 Å². The van der Waals surface area contributed by atoms with Crippen LogP contribution in [0.2, 0.25) is 0 Å². The number of nitrogens with zero attached hydrogens (tertiary/aromatic N) is 2. The zero-order valence-corrected chi connectivity index (χ0v) is 8.05. The molecule has 0 saturated carbocycles. The van der Waals surface area contributed by atoms with Crippen LogP contribution in [0.1, 0.15) is 12.6 Å². The van der Waals surface area contributed by atoms with Gasteiger partial charge in [0.15, 0.2) is 5.60 Å². The Morgan fingerprint density at radius 3 is 2.50 bits per heavy atom. The first-order valence-corrected chi connectivity index (χ1v) is 4.41. The van der Waals surface area contributed by atoms with Crippen LogP contribution in [0.25, 0.3) is 0 Å². The molecule has 0 aromatic carbocycles. The van der Waals surface area contributed by atoms with Gasteiger partial charge in [-0.1, -0.05) is 0 Å². The third-order valence-corrected chi connectivity index (χ3v) is 1.96. The Labute approximate surface area is 82.4 Å². The molecule has 1 rings (SSSR count). The molecule has 2 N–H and O–H groups in total. The van der Waals surface area contributed by atoms with E-state index in [2.05, 4.69) is 9.97 Å². The fraction of sp³-hybridized carbons (Fsp3) is 0.556. The number of aliphatic hydroxyl groups is 2. The van der Waals surface area contributed by atoms with Crippen LogP contribution >= 0.6 is 0 Å². The molecule has 0 unspecified atom stereocenters. The van der Waals surface area contributed by atoms with E-state index in [4.69, 9.17) is 4.74 Å². The van der Waals surface area contributed by atoms with Crippen LogP contribution in [-0.4, -0.2) is 40.0 Å². The van der Waals surface area contributed by atoms with Gasteiger partial charge in [-0.05, 0) is 6.92 Å². The fourth-order valence-corrected chi connectivity index (χ4v) is 1.19. The lowest BCUT2D eigenvalue weighted by atomic mass is 10.0. The second-order valence-corrected chi connectivity index (χ2v) is 2.83. The lowest BCUT2D eigenvalue weighted by molar-refractivity contribution is -0.113. The minimum absolute atomic E-state index is 0.323. The highest BCUT2D eigenvalue weighted by Gasteiger charge is 2.33. The fourth-order valence-electron chi connectivity index (χ4n) is 1.19. The van der Waals surface area contributed by atoms with Gasteiger partial charge < -0.3 is 14.9 Å². The molecule has 0 radical (unpaired) electrons. The maximum atomic E-state index is 9.21. The molecule has 0 aliphatic heterocycles. The van der Waals surface area contributed by atoms with Crippen LogP contribution in [0, 0.1) is 0 Å². The number of hydrogen-bond acceptors (Lipinski definition) is 5. The first kappa shape index (κ1) is 11.0. The molecule has 0 amide bonds. The highest BCUT2D eigenvalue weighted by atomic mass is 16.5. The normalized spacial score (nSPS) is 11.6. The summed E-state index contributed by atoms with van der Waals surface area (Å²) in [5.74, 6) is 0. The predicted molar refractivity (Wildman–Crippen MR) is 49.5 cm³/mol. The standard InChI is InChI=1S/C9H14N2O3/c1-2-14-9(6-12,7-13)8-5-10-3-4-11-8/h3-5,12-13H,2,6-7H2,1H3. The molecule has 0 saturated heterocycles. The molecule has 1 aromatic rings. The van der Waals surface area contributed by atoms with Gasteiger partial charge in [-0.2, -0.15) is 0 Å². The summed E-state index contributed by atoms with van der Waals surface area (Å²) in [5, 5.41) is 18.4. The van der Waals surface area contributed by atoms with Crippen LogP contribution in [0.4, 0.5) is 0 Å². The van der Waals surface area contributed by atoms with Gasteiger partial charge >= 0.3 is 0 Å². The number of ether oxygens (including phenoxy) is 1. The number of rotatable bonds is 5. The van der Waals surface area contributed by atoms with Gasteiger partial charge in [0.1, 0.15) is 0 Å². The Bertz CT molecular complexity index is 262. The van der Waals surface area contributed by atoms with E-state index in [1.54, 1.807) is 6.92 Å². The van der Waals surface area contributed by atoms with Crippen molar-refractivity contribution in [3.63, 3.8) is 0 Å². The van der Waals surface area contributed by atoms with Crippen molar-refractivity contribution in [3.8, 4) is 0 Å². The first-order valence-electron chi connectivity index (χ1n) is 4.41. The minimum atomic E-state index is -1.14. The maximum absolute atomic E-state index is 9.21. The van der Waals surface area contributed by atoms with Gasteiger partial charge in [0.25, 0.3) is 0 Å². The van der Waals surface area contributed by atoms with Crippen molar-refractivity contribution in [2.75, 3.05) is 19.8 Å². The van der Waals surface area contributed by atoms with Crippen LogP contribution in [0.5, 0.6) is 0 Å². The molecule has 0 bridgehead atoms. The average molecular weight is 198 g/mol. The summed E-state index contributed by atoms with van der Waals surface area (Å²) in [6.45, 7) is 1.53. The van der Waals surface area contributed by atoms with Gasteiger partial charge in [0, 0.05) is 19.0 Å². The van der Waals surface area contributed by atoms with E-state index in [1.807, 2.05) is 0 Å². The van der Waals surface area contributed by atoms with Gasteiger partial charge in [-0.3, -0.25) is 9.97 Å². The largest absolute Gasteiger partial charge is 0.393 e. The van der Waals surface area contributed by atoms with Crippen LogP contribution in [-0.2, 0) is 10.3 Å². The SMILES string of the molecule is CCOC(CO)(CO)c1cnccn1. The van der Waals surface area contributed by atoms with Crippen molar-refractivity contribution < 1.29 is 14.9 Å². The average Bonchev–Trinajstić information content (AvgIpc) is 2.27. The molecule has 1 heterocycles. The Kier molecular flexibility index (Phi) is 3.94.